The summed E-state index contributed by atoms with van der Waals surface area (Å²) in [5.41, 5.74) is 0.913. The van der Waals surface area contributed by atoms with E-state index in [9.17, 15) is 0 Å². The summed E-state index contributed by atoms with van der Waals surface area (Å²) in [4.78, 5) is 10.9. The molecule has 1 aromatic carbocycles. The number of nitrogens with zero attached hydrogens (tertiary/aromatic N) is 3. The molecule has 1 heterocycles. The number of anilines is 1. The molecule has 3 rings (SSSR count). The van der Waals surface area contributed by atoms with E-state index in [1.54, 1.807) is 0 Å². The van der Waals surface area contributed by atoms with Crippen molar-refractivity contribution in [1.29, 1.82) is 0 Å². The number of rotatable bonds is 3. The van der Waals surface area contributed by atoms with E-state index in [4.69, 9.17) is 11.6 Å². The number of fused-ring (bicyclic) bond motifs is 1. The smallest absolute Gasteiger partial charge is 0.224 e. The van der Waals surface area contributed by atoms with Crippen LogP contribution in [0, 0.1) is 5.92 Å². The maximum absolute atomic E-state index is 6.04. The minimum Gasteiger partial charge on any atom is -0.359 e. The Balaban J connectivity index is 1.94. The van der Waals surface area contributed by atoms with Gasteiger partial charge in [0.05, 0.1) is 5.52 Å². The Labute approximate surface area is 118 Å². The van der Waals surface area contributed by atoms with Crippen LogP contribution >= 0.6 is 11.6 Å². The Morgan fingerprint density at radius 3 is 2.74 bits per heavy atom. The zero-order chi connectivity index (χ0) is 13.2. The van der Waals surface area contributed by atoms with Crippen molar-refractivity contribution in [1.82, 2.24) is 9.97 Å². The van der Waals surface area contributed by atoms with E-state index < -0.39 is 0 Å². The number of hydrogen-bond donors (Lipinski definition) is 0. The number of hydrogen-bond acceptors (Lipinski definition) is 3. The molecular formula is C15H18ClN3. The Morgan fingerprint density at radius 1 is 1.21 bits per heavy atom. The van der Waals surface area contributed by atoms with Gasteiger partial charge in [0.25, 0.3) is 0 Å². The van der Waals surface area contributed by atoms with Crippen LogP contribution in [-0.4, -0.2) is 23.6 Å². The SMILES string of the molecule is CN(CC1CCCC1)c1nc(Cl)nc2ccccc12. The van der Waals surface area contributed by atoms with Crippen molar-refractivity contribution in [2.24, 2.45) is 5.92 Å². The van der Waals surface area contributed by atoms with Crippen LogP contribution in [0.2, 0.25) is 5.28 Å². The van der Waals surface area contributed by atoms with Gasteiger partial charge in [0, 0.05) is 19.0 Å². The highest BCUT2D eigenvalue weighted by Gasteiger charge is 2.19. The van der Waals surface area contributed by atoms with Crippen molar-refractivity contribution in [3.8, 4) is 0 Å². The molecule has 0 radical (unpaired) electrons. The minimum atomic E-state index is 0.326. The molecule has 19 heavy (non-hydrogen) atoms. The van der Waals surface area contributed by atoms with Crippen LogP contribution < -0.4 is 4.90 Å². The Morgan fingerprint density at radius 2 is 1.95 bits per heavy atom. The molecular weight excluding hydrogens is 258 g/mol. The molecule has 3 nitrogen and oxygen atoms in total. The molecule has 0 atom stereocenters. The zero-order valence-corrected chi connectivity index (χ0v) is 11.9. The van der Waals surface area contributed by atoms with Crippen LogP contribution in [0.25, 0.3) is 10.9 Å². The van der Waals surface area contributed by atoms with Crippen molar-refractivity contribution < 1.29 is 0 Å². The van der Waals surface area contributed by atoms with Crippen LogP contribution in [0.1, 0.15) is 25.7 Å². The highest BCUT2D eigenvalue weighted by Crippen LogP contribution is 2.29. The summed E-state index contributed by atoms with van der Waals surface area (Å²) >= 11 is 6.04. The van der Waals surface area contributed by atoms with Crippen molar-refractivity contribution in [2.45, 2.75) is 25.7 Å². The van der Waals surface area contributed by atoms with E-state index in [0.717, 1.165) is 29.2 Å². The van der Waals surface area contributed by atoms with Crippen LogP contribution in [0.3, 0.4) is 0 Å². The molecule has 1 aliphatic rings. The predicted molar refractivity (Wildman–Crippen MR) is 79.8 cm³/mol. The van der Waals surface area contributed by atoms with E-state index in [0.29, 0.717) is 5.28 Å². The van der Waals surface area contributed by atoms with Gasteiger partial charge < -0.3 is 4.90 Å². The van der Waals surface area contributed by atoms with Gasteiger partial charge in [-0.3, -0.25) is 0 Å². The molecule has 1 aliphatic carbocycles. The summed E-state index contributed by atoms with van der Waals surface area (Å²) in [5.74, 6) is 1.74. The molecule has 0 unspecified atom stereocenters. The number of benzene rings is 1. The average Bonchev–Trinajstić information content (AvgIpc) is 2.90. The molecule has 0 amide bonds. The summed E-state index contributed by atoms with van der Waals surface area (Å²) in [5, 5.41) is 1.40. The molecule has 1 saturated carbocycles. The second-order valence-electron chi connectivity index (χ2n) is 5.36. The number of aromatic nitrogens is 2. The first kappa shape index (κ1) is 12.7. The minimum absolute atomic E-state index is 0.326. The molecule has 1 aromatic heterocycles. The van der Waals surface area contributed by atoms with Crippen molar-refractivity contribution in [2.75, 3.05) is 18.5 Å². The summed E-state index contributed by atoms with van der Waals surface area (Å²) in [6.45, 7) is 1.05. The van der Waals surface area contributed by atoms with Gasteiger partial charge in [0.15, 0.2) is 0 Å². The topological polar surface area (TPSA) is 29.0 Å². The van der Waals surface area contributed by atoms with Crippen LogP contribution in [0.5, 0.6) is 0 Å². The van der Waals surface area contributed by atoms with E-state index >= 15 is 0 Å². The lowest BCUT2D eigenvalue weighted by Gasteiger charge is -2.23. The third-order valence-corrected chi connectivity index (χ3v) is 4.09. The fourth-order valence-corrected chi connectivity index (χ4v) is 3.16. The molecule has 2 aromatic rings. The molecule has 0 spiro atoms. The van der Waals surface area contributed by atoms with Gasteiger partial charge in [0.1, 0.15) is 5.82 Å². The third-order valence-electron chi connectivity index (χ3n) is 3.92. The Bertz CT molecular complexity index is 579. The maximum atomic E-state index is 6.04. The first-order valence-electron chi connectivity index (χ1n) is 6.87. The largest absolute Gasteiger partial charge is 0.359 e. The van der Waals surface area contributed by atoms with Crippen LogP contribution in [0.4, 0.5) is 5.82 Å². The van der Waals surface area contributed by atoms with E-state index in [1.807, 2.05) is 18.2 Å². The highest BCUT2D eigenvalue weighted by atomic mass is 35.5. The van der Waals surface area contributed by atoms with Gasteiger partial charge in [-0.05, 0) is 42.5 Å². The fourth-order valence-electron chi connectivity index (χ4n) is 2.99. The summed E-state index contributed by atoms with van der Waals surface area (Å²) in [6.07, 6.45) is 5.40. The van der Waals surface area contributed by atoms with E-state index in [-0.39, 0.29) is 0 Å². The Kier molecular flexibility index (Phi) is 3.56. The monoisotopic (exact) mass is 275 g/mol. The third kappa shape index (κ3) is 2.66. The van der Waals surface area contributed by atoms with Gasteiger partial charge in [-0.25, -0.2) is 4.98 Å². The first-order chi connectivity index (χ1) is 9.24. The lowest BCUT2D eigenvalue weighted by atomic mass is 10.1. The summed E-state index contributed by atoms with van der Waals surface area (Å²) in [6, 6.07) is 8.04. The predicted octanol–water partition coefficient (Wildman–Crippen LogP) is 3.91. The molecule has 1 fully saturated rings. The maximum Gasteiger partial charge on any atom is 0.224 e. The normalized spacial score (nSPS) is 16.1. The van der Waals surface area contributed by atoms with Crippen molar-refractivity contribution >= 4 is 28.3 Å². The van der Waals surface area contributed by atoms with Crippen LogP contribution in [0.15, 0.2) is 24.3 Å². The lowest BCUT2D eigenvalue weighted by molar-refractivity contribution is 0.545. The van der Waals surface area contributed by atoms with Gasteiger partial charge in [-0.2, -0.15) is 4.98 Å². The molecule has 0 bridgehead atoms. The molecule has 100 valence electrons. The van der Waals surface area contributed by atoms with E-state index in [2.05, 4.69) is 28.0 Å². The van der Waals surface area contributed by atoms with Gasteiger partial charge >= 0.3 is 0 Å². The summed E-state index contributed by atoms with van der Waals surface area (Å²) in [7, 11) is 2.10. The van der Waals surface area contributed by atoms with E-state index in [1.165, 1.54) is 25.7 Å². The van der Waals surface area contributed by atoms with Gasteiger partial charge in [-0.1, -0.05) is 25.0 Å². The zero-order valence-electron chi connectivity index (χ0n) is 11.1. The Hall–Kier alpha value is -1.35. The first-order valence-corrected chi connectivity index (χ1v) is 7.25. The second-order valence-corrected chi connectivity index (χ2v) is 5.70. The van der Waals surface area contributed by atoms with Crippen LogP contribution in [-0.2, 0) is 0 Å². The lowest BCUT2D eigenvalue weighted by Crippen LogP contribution is -2.25. The standard InChI is InChI=1S/C15H18ClN3/c1-19(10-11-6-2-3-7-11)14-12-8-4-5-9-13(12)17-15(16)18-14/h4-5,8-9,11H,2-3,6-7,10H2,1H3. The van der Waals surface area contributed by atoms with Crippen molar-refractivity contribution in [3.05, 3.63) is 29.5 Å². The molecule has 0 aliphatic heterocycles. The molecule has 0 saturated heterocycles. The number of halogens is 1. The molecule has 4 heteroatoms. The van der Waals surface area contributed by atoms with Crippen molar-refractivity contribution in [3.63, 3.8) is 0 Å². The number of para-hydroxylation sites is 1. The highest BCUT2D eigenvalue weighted by molar-refractivity contribution is 6.28. The second kappa shape index (κ2) is 5.33. The molecule has 0 N–H and O–H groups in total. The quantitative estimate of drug-likeness (QED) is 0.795. The fraction of sp³-hybridized carbons (Fsp3) is 0.467. The summed E-state index contributed by atoms with van der Waals surface area (Å²) < 4.78 is 0. The van der Waals surface area contributed by atoms with Gasteiger partial charge in [0.2, 0.25) is 5.28 Å². The average molecular weight is 276 g/mol. The van der Waals surface area contributed by atoms with Gasteiger partial charge in [-0.15, -0.1) is 0 Å².